The van der Waals surface area contributed by atoms with Crippen molar-refractivity contribution in [2.75, 3.05) is 6.54 Å². The van der Waals surface area contributed by atoms with Crippen molar-refractivity contribution in [3.8, 4) is 0 Å². The van der Waals surface area contributed by atoms with Gasteiger partial charge in [0.15, 0.2) is 5.69 Å². The molecule has 1 aromatic heterocycles. The van der Waals surface area contributed by atoms with E-state index in [0.717, 1.165) is 16.7 Å². The van der Waals surface area contributed by atoms with Crippen molar-refractivity contribution >= 4 is 17.2 Å². The molecule has 0 aliphatic rings. The van der Waals surface area contributed by atoms with E-state index in [2.05, 4.69) is 10.3 Å². The Morgan fingerprint density at radius 1 is 1.65 bits per heavy atom. The van der Waals surface area contributed by atoms with E-state index >= 15 is 0 Å². The van der Waals surface area contributed by atoms with E-state index in [-0.39, 0.29) is 12.6 Å². The molecule has 0 aliphatic carbocycles. The van der Waals surface area contributed by atoms with Crippen LogP contribution in [0.2, 0.25) is 0 Å². The van der Waals surface area contributed by atoms with Gasteiger partial charge in [0.05, 0.1) is 12.6 Å². The number of amides is 1. The van der Waals surface area contributed by atoms with Crippen LogP contribution in [0.5, 0.6) is 0 Å². The lowest BCUT2D eigenvalue weighted by Gasteiger charge is -2.12. The third-order valence-electron chi connectivity index (χ3n) is 2.04. The highest BCUT2D eigenvalue weighted by molar-refractivity contribution is 7.09. The summed E-state index contributed by atoms with van der Waals surface area (Å²) in [7, 11) is 0. The number of halogens is 3. The second-order valence-electron chi connectivity index (χ2n) is 3.38. The number of carbonyl (C=O) groups is 1. The van der Waals surface area contributed by atoms with Crippen molar-refractivity contribution in [1.82, 2.24) is 10.3 Å². The van der Waals surface area contributed by atoms with Gasteiger partial charge in [-0.3, -0.25) is 10.1 Å². The molecule has 0 aromatic carbocycles. The molecule has 1 atom stereocenters. The smallest absolute Gasteiger partial charge is 0.369 e. The molecule has 1 amide bonds. The van der Waals surface area contributed by atoms with Crippen LogP contribution in [-0.4, -0.2) is 17.4 Å². The first-order chi connectivity index (χ1) is 7.84. The lowest BCUT2D eigenvalue weighted by molar-refractivity contribution is -0.140. The molecule has 0 bridgehead atoms. The van der Waals surface area contributed by atoms with Gasteiger partial charge in [-0.05, 0) is 6.42 Å². The van der Waals surface area contributed by atoms with E-state index in [4.69, 9.17) is 5.73 Å². The molecule has 0 unspecified atom stereocenters. The number of hydrogen-bond donors (Lipinski definition) is 2. The Bertz CT molecular complexity index is 391. The van der Waals surface area contributed by atoms with Crippen molar-refractivity contribution in [3.63, 3.8) is 0 Å². The van der Waals surface area contributed by atoms with Crippen LogP contribution in [0.1, 0.15) is 30.1 Å². The maximum absolute atomic E-state index is 12.3. The minimum absolute atomic E-state index is 0.0839. The molecule has 0 spiro atoms. The van der Waals surface area contributed by atoms with Gasteiger partial charge in [-0.2, -0.15) is 13.2 Å². The Balaban J connectivity index is 2.76. The molecule has 0 fully saturated rings. The van der Waals surface area contributed by atoms with Gasteiger partial charge in [0.25, 0.3) is 0 Å². The van der Waals surface area contributed by atoms with Crippen LogP contribution in [0.15, 0.2) is 5.38 Å². The zero-order chi connectivity index (χ0) is 13.1. The van der Waals surface area contributed by atoms with E-state index in [9.17, 15) is 18.0 Å². The number of thiazole rings is 1. The van der Waals surface area contributed by atoms with Crippen LogP contribution in [-0.2, 0) is 11.0 Å². The molecule has 1 rings (SSSR count). The Morgan fingerprint density at radius 3 is 2.71 bits per heavy atom. The quantitative estimate of drug-likeness (QED) is 0.853. The maximum atomic E-state index is 12.3. The summed E-state index contributed by atoms with van der Waals surface area (Å²) < 4.78 is 37.0. The largest absolute Gasteiger partial charge is 0.434 e. The summed E-state index contributed by atoms with van der Waals surface area (Å²) in [6.07, 6.45) is -3.91. The topological polar surface area (TPSA) is 68.0 Å². The fraction of sp³-hybridized carbons (Fsp3) is 0.556. The van der Waals surface area contributed by atoms with Gasteiger partial charge < -0.3 is 5.73 Å². The Hall–Kier alpha value is -1.15. The lowest BCUT2D eigenvalue weighted by atomic mass is 10.2. The number of aromatic nitrogens is 1. The first kappa shape index (κ1) is 13.9. The van der Waals surface area contributed by atoms with Gasteiger partial charge in [0.2, 0.25) is 5.91 Å². The predicted molar refractivity (Wildman–Crippen MR) is 57.3 cm³/mol. The summed E-state index contributed by atoms with van der Waals surface area (Å²) in [4.78, 5) is 14.1. The summed E-state index contributed by atoms with van der Waals surface area (Å²) in [6, 6.07) is -0.386. The summed E-state index contributed by atoms with van der Waals surface area (Å²) in [6.45, 7) is 1.70. The minimum atomic E-state index is -4.43. The molecule has 17 heavy (non-hydrogen) atoms. The van der Waals surface area contributed by atoms with Gasteiger partial charge in [0.1, 0.15) is 5.01 Å². The molecule has 0 saturated heterocycles. The third-order valence-corrected chi connectivity index (χ3v) is 3.00. The summed E-state index contributed by atoms with van der Waals surface area (Å²) in [5.74, 6) is -0.559. The van der Waals surface area contributed by atoms with Crippen LogP contribution in [0, 0.1) is 0 Å². The highest BCUT2D eigenvalue weighted by Crippen LogP contribution is 2.32. The molecule has 3 N–H and O–H groups in total. The van der Waals surface area contributed by atoms with E-state index < -0.39 is 17.8 Å². The van der Waals surface area contributed by atoms with Crippen LogP contribution < -0.4 is 11.1 Å². The second kappa shape index (κ2) is 5.46. The monoisotopic (exact) mass is 267 g/mol. The van der Waals surface area contributed by atoms with Crippen molar-refractivity contribution in [2.45, 2.75) is 25.6 Å². The van der Waals surface area contributed by atoms with Crippen LogP contribution in [0.25, 0.3) is 0 Å². The fourth-order valence-electron chi connectivity index (χ4n) is 1.21. The summed E-state index contributed by atoms with van der Waals surface area (Å²) in [5, 5.41) is 4.02. The standard InChI is InChI=1S/C9H12F3N3OS/c1-2-5(14-3-7(13)16)8-15-6(4-17-8)9(10,11)12/h4-5,14H,2-3H2,1H3,(H2,13,16)/t5-/m1/s1. The summed E-state index contributed by atoms with van der Waals surface area (Å²) >= 11 is 0.915. The first-order valence-electron chi connectivity index (χ1n) is 4.89. The number of alkyl halides is 3. The lowest BCUT2D eigenvalue weighted by Crippen LogP contribution is -2.31. The number of hydrogen-bond acceptors (Lipinski definition) is 4. The SMILES string of the molecule is CC[C@@H](NCC(N)=O)c1nc(C(F)(F)F)cs1. The second-order valence-corrected chi connectivity index (χ2v) is 4.27. The molecule has 0 aliphatic heterocycles. The van der Waals surface area contributed by atoms with Crippen LogP contribution >= 0.6 is 11.3 Å². The van der Waals surface area contributed by atoms with E-state index in [1.165, 1.54) is 0 Å². The van der Waals surface area contributed by atoms with Gasteiger partial charge >= 0.3 is 6.18 Å². The highest BCUT2D eigenvalue weighted by Gasteiger charge is 2.34. The van der Waals surface area contributed by atoms with Crippen LogP contribution in [0.3, 0.4) is 0 Å². The Labute approximate surface area is 100 Å². The molecule has 4 nitrogen and oxygen atoms in total. The van der Waals surface area contributed by atoms with Gasteiger partial charge in [-0.1, -0.05) is 6.92 Å². The van der Waals surface area contributed by atoms with Crippen molar-refractivity contribution in [1.29, 1.82) is 0 Å². The molecular formula is C9H12F3N3OS. The average Bonchev–Trinajstić information content (AvgIpc) is 2.67. The number of primary amides is 1. The Kier molecular flexibility index (Phi) is 4.47. The van der Waals surface area contributed by atoms with Gasteiger partial charge in [-0.25, -0.2) is 4.98 Å². The number of nitrogens with zero attached hydrogens (tertiary/aromatic N) is 1. The Morgan fingerprint density at radius 2 is 2.29 bits per heavy atom. The van der Waals surface area contributed by atoms with E-state index in [0.29, 0.717) is 11.4 Å². The van der Waals surface area contributed by atoms with Gasteiger partial charge in [-0.15, -0.1) is 11.3 Å². The average molecular weight is 267 g/mol. The van der Waals surface area contributed by atoms with Gasteiger partial charge in [0, 0.05) is 5.38 Å². The number of nitrogens with two attached hydrogens (primary N) is 1. The number of nitrogens with one attached hydrogen (secondary N) is 1. The van der Waals surface area contributed by atoms with Crippen molar-refractivity contribution in [3.05, 3.63) is 16.1 Å². The summed E-state index contributed by atoms with van der Waals surface area (Å²) in [5.41, 5.74) is 4.04. The molecule has 0 saturated carbocycles. The molecule has 1 aromatic rings. The molecular weight excluding hydrogens is 255 g/mol. The van der Waals surface area contributed by atoms with Crippen molar-refractivity contribution < 1.29 is 18.0 Å². The zero-order valence-electron chi connectivity index (χ0n) is 9.04. The maximum Gasteiger partial charge on any atom is 0.434 e. The predicted octanol–water partition coefficient (Wildman–Crippen LogP) is 1.69. The molecule has 8 heteroatoms. The number of carbonyl (C=O) groups excluding carboxylic acids is 1. The zero-order valence-corrected chi connectivity index (χ0v) is 9.86. The highest BCUT2D eigenvalue weighted by atomic mass is 32.1. The molecule has 0 radical (unpaired) electrons. The van der Waals surface area contributed by atoms with E-state index in [1.54, 1.807) is 6.92 Å². The minimum Gasteiger partial charge on any atom is -0.369 e. The molecule has 96 valence electrons. The fourth-order valence-corrected chi connectivity index (χ4v) is 2.19. The third kappa shape index (κ3) is 3.97. The first-order valence-corrected chi connectivity index (χ1v) is 5.76. The van der Waals surface area contributed by atoms with Crippen molar-refractivity contribution in [2.24, 2.45) is 5.73 Å². The normalized spacial score (nSPS) is 13.6. The van der Waals surface area contributed by atoms with E-state index in [1.807, 2.05) is 0 Å². The molecule has 1 heterocycles. The van der Waals surface area contributed by atoms with Crippen LogP contribution in [0.4, 0.5) is 13.2 Å². The number of rotatable bonds is 5.